The topological polar surface area (TPSA) is 124 Å². The lowest BCUT2D eigenvalue weighted by Gasteiger charge is -2.28. The van der Waals surface area contributed by atoms with Crippen LogP contribution in [0.5, 0.6) is 0 Å². The molecule has 10 heteroatoms. The summed E-state index contributed by atoms with van der Waals surface area (Å²) in [6, 6.07) is 5.26. The Bertz CT molecular complexity index is 491. The van der Waals surface area contributed by atoms with Crippen LogP contribution in [0, 0.1) is 10.2 Å². The summed E-state index contributed by atoms with van der Waals surface area (Å²) in [5.41, 5.74) is 1.32. The fourth-order valence-electron chi connectivity index (χ4n) is 2.82. The van der Waals surface area contributed by atoms with Crippen molar-refractivity contribution in [3.8, 4) is 0 Å². The number of nitrogens with zero attached hydrogens (tertiary/aromatic N) is 1. The van der Waals surface area contributed by atoms with E-state index >= 15 is 0 Å². The van der Waals surface area contributed by atoms with E-state index < -0.39 is 19.0 Å². The summed E-state index contributed by atoms with van der Waals surface area (Å²) in [4.78, 5) is 0. The molecule has 0 saturated carbocycles. The van der Waals surface area contributed by atoms with Crippen molar-refractivity contribution >= 4 is 8.80 Å². The summed E-state index contributed by atoms with van der Waals surface area (Å²) in [6.07, 6.45) is 10.5. The van der Waals surface area contributed by atoms with Gasteiger partial charge in [0.15, 0.2) is 12.4 Å². The Labute approximate surface area is 178 Å². The summed E-state index contributed by atoms with van der Waals surface area (Å²) < 4.78 is 54.0. The van der Waals surface area contributed by atoms with Crippen LogP contribution < -0.4 is 23.2 Å². The van der Waals surface area contributed by atoms with Crippen LogP contribution in [-0.4, -0.2) is 28.6 Å². The molecule has 1 aromatic rings. The van der Waals surface area contributed by atoms with Gasteiger partial charge in [0.25, 0.3) is 0 Å². The molecule has 1 aromatic heterocycles. The lowest BCUT2D eigenvalue weighted by atomic mass is 10.2. The van der Waals surface area contributed by atoms with E-state index in [0.29, 0.717) is 19.8 Å². The smallest absolute Gasteiger partial charge is 0.374 e. The minimum atomic E-state index is -4.94. The fourth-order valence-corrected chi connectivity index (χ4v) is 5.42. The Morgan fingerprint density at radius 3 is 1.72 bits per heavy atom. The maximum atomic E-state index is 8.49. The van der Waals surface area contributed by atoms with Gasteiger partial charge in [-0.3, -0.25) is 0 Å². The Morgan fingerprint density at radius 2 is 1.31 bits per heavy atom. The molecule has 0 atom stereocenters. The van der Waals surface area contributed by atoms with Crippen LogP contribution >= 0.6 is 0 Å². The molecule has 0 aliphatic heterocycles. The van der Waals surface area contributed by atoms with Gasteiger partial charge in [-0.2, -0.15) is 0 Å². The molecule has 170 valence electrons. The molecule has 0 amide bonds. The van der Waals surface area contributed by atoms with Crippen molar-refractivity contribution in [3.05, 3.63) is 30.1 Å². The molecule has 0 unspecified atom stereocenters. The first kappa shape index (κ1) is 28.4. The third-order valence-electron chi connectivity index (χ3n) is 4.04. The molecule has 0 bridgehead atoms. The number of unbranched alkanes of at least 4 members (excludes halogenated alkanes) is 3. The summed E-state index contributed by atoms with van der Waals surface area (Å²) in [5.74, 6) is 0. The van der Waals surface area contributed by atoms with E-state index in [4.69, 9.17) is 31.9 Å². The Kier molecular flexibility index (Phi) is 15.8. The first-order chi connectivity index (χ1) is 13.7. The molecule has 0 aromatic carbocycles. The van der Waals surface area contributed by atoms with Crippen LogP contribution in [0.4, 0.5) is 0 Å². The number of hydrogen-bond acceptors (Lipinski definition) is 7. The molecule has 1 rings (SSSR count). The van der Waals surface area contributed by atoms with Gasteiger partial charge in [0.05, 0.1) is 0 Å². The number of aryl methyl sites for hydroxylation is 2. The second kappa shape index (κ2) is 16.1. The quantitative estimate of drug-likeness (QED) is 0.209. The van der Waals surface area contributed by atoms with Gasteiger partial charge in [-0.05, 0) is 39.2 Å². The third kappa shape index (κ3) is 15.8. The molecule has 0 spiro atoms. The normalized spacial score (nSPS) is 11.9. The average Bonchev–Trinajstić information content (AvgIpc) is 2.64. The minimum Gasteiger partial charge on any atom is -0.374 e. The molecule has 8 nitrogen and oxygen atoms in total. The summed E-state index contributed by atoms with van der Waals surface area (Å²) in [7, 11) is -7.47. The van der Waals surface area contributed by atoms with Gasteiger partial charge in [-0.25, -0.2) is 23.2 Å². The highest BCUT2D eigenvalue weighted by Gasteiger charge is 2.39. The lowest BCUT2D eigenvalue weighted by molar-refractivity contribution is -2.00. The van der Waals surface area contributed by atoms with Crippen LogP contribution in [0.2, 0.25) is 6.04 Å². The van der Waals surface area contributed by atoms with Crippen molar-refractivity contribution < 1.29 is 46.7 Å². The first-order valence-electron chi connectivity index (χ1n) is 10.2. The monoisotopic (exact) mass is 453 g/mol. The van der Waals surface area contributed by atoms with E-state index in [1.807, 2.05) is 20.8 Å². The second-order valence-electron chi connectivity index (χ2n) is 6.36. The van der Waals surface area contributed by atoms with Gasteiger partial charge < -0.3 is 13.3 Å². The highest BCUT2D eigenvalue weighted by atomic mass is 35.7. The number of pyridine rings is 1. The van der Waals surface area contributed by atoms with Crippen LogP contribution in [0.15, 0.2) is 24.5 Å². The summed E-state index contributed by atoms with van der Waals surface area (Å²) in [5, 5.41) is 0. The fraction of sp³-hybridized carbons (Fsp3) is 0.737. The maximum Gasteiger partial charge on any atom is 0.501 e. The number of halogens is 1. The average molecular weight is 454 g/mol. The molecule has 0 radical (unpaired) electrons. The molecule has 29 heavy (non-hydrogen) atoms. The predicted molar refractivity (Wildman–Crippen MR) is 99.9 cm³/mol. The number of aromatic nitrogens is 1. The molecular formula is C19H36ClNO7Si. The molecule has 0 aliphatic rings. The van der Waals surface area contributed by atoms with Crippen LogP contribution in [0.3, 0.4) is 0 Å². The zero-order valence-electron chi connectivity index (χ0n) is 18.1. The summed E-state index contributed by atoms with van der Waals surface area (Å²) in [6.45, 7) is 11.3. The van der Waals surface area contributed by atoms with Crippen LogP contribution in [0.1, 0.15) is 58.9 Å². The Morgan fingerprint density at radius 1 is 0.828 bits per heavy atom. The van der Waals surface area contributed by atoms with E-state index in [2.05, 4.69) is 36.0 Å². The first-order valence-corrected chi connectivity index (χ1v) is 13.4. The predicted octanol–water partition coefficient (Wildman–Crippen LogP) is -0.611. The van der Waals surface area contributed by atoms with Crippen molar-refractivity contribution in [2.45, 2.75) is 72.4 Å². The largest absolute Gasteiger partial charge is 0.501 e. The van der Waals surface area contributed by atoms with Crippen LogP contribution in [0.25, 0.3) is 0 Å². The molecule has 0 fully saturated rings. The van der Waals surface area contributed by atoms with E-state index in [1.165, 1.54) is 31.2 Å². The third-order valence-corrected chi connectivity index (χ3v) is 7.09. The van der Waals surface area contributed by atoms with Crippen LogP contribution in [-0.2, 0) is 26.2 Å². The highest BCUT2D eigenvalue weighted by molar-refractivity contribution is 6.60. The molecule has 0 saturated heterocycles. The zero-order valence-corrected chi connectivity index (χ0v) is 19.8. The van der Waals surface area contributed by atoms with Gasteiger partial charge in [-0.1, -0.05) is 19.8 Å². The van der Waals surface area contributed by atoms with Crippen molar-refractivity contribution in [1.82, 2.24) is 0 Å². The SMILES string of the molecule is CCCCCC[n+]1ccc(CC[Si](OCC)(OCC)OCC)cc1.[O-][Cl+3]([O-])([O-])[O-]. The minimum absolute atomic E-state index is 0.638. The van der Waals surface area contributed by atoms with E-state index in [9.17, 15) is 0 Å². The van der Waals surface area contributed by atoms with Gasteiger partial charge >= 0.3 is 8.80 Å². The van der Waals surface area contributed by atoms with Crippen molar-refractivity contribution in [2.75, 3.05) is 19.8 Å². The summed E-state index contributed by atoms with van der Waals surface area (Å²) >= 11 is 0. The van der Waals surface area contributed by atoms with E-state index in [-0.39, 0.29) is 0 Å². The lowest BCUT2D eigenvalue weighted by Crippen LogP contribution is -2.68. The zero-order chi connectivity index (χ0) is 22.2. The van der Waals surface area contributed by atoms with E-state index in [0.717, 1.165) is 19.0 Å². The number of hydrogen-bond donors (Lipinski definition) is 0. The van der Waals surface area contributed by atoms with Gasteiger partial charge in [0.1, 0.15) is 6.54 Å². The molecule has 0 N–H and O–H groups in total. The van der Waals surface area contributed by atoms with Crippen molar-refractivity contribution in [2.24, 2.45) is 0 Å². The second-order valence-corrected chi connectivity index (χ2v) is 9.85. The highest BCUT2D eigenvalue weighted by Crippen LogP contribution is 2.19. The number of rotatable bonds is 14. The standard InChI is InChI=1S/C19H36NO3Si.ClHO4/c1-5-9-10-11-15-20-16-12-19(13-17-20)14-18-24(21-6-2,22-7-3)23-8-4;2-1(3,4)5/h12-13,16-17H,5-11,14-15,18H2,1-4H3;(H,2,3,4,5)/q+1;/p-1. The Hall–Kier alpha value is -0.623. The molecule has 1 heterocycles. The van der Waals surface area contributed by atoms with Crippen molar-refractivity contribution in [1.29, 1.82) is 0 Å². The maximum absolute atomic E-state index is 8.49. The van der Waals surface area contributed by atoms with Gasteiger partial charge in [0.2, 0.25) is 0 Å². The molecular weight excluding hydrogens is 418 g/mol. The Balaban J connectivity index is 0.00000139. The van der Waals surface area contributed by atoms with Gasteiger partial charge in [-0.15, -0.1) is 10.2 Å². The van der Waals surface area contributed by atoms with Gasteiger partial charge in [0, 0.05) is 44.4 Å². The molecule has 0 aliphatic carbocycles. The van der Waals surface area contributed by atoms with Crippen molar-refractivity contribution in [3.63, 3.8) is 0 Å². The van der Waals surface area contributed by atoms with E-state index in [1.54, 1.807) is 0 Å².